The summed E-state index contributed by atoms with van der Waals surface area (Å²) in [7, 11) is 0. The predicted molar refractivity (Wildman–Crippen MR) is 88.9 cm³/mol. The van der Waals surface area contributed by atoms with Gasteiger partial charge in [-0.25, -0.2) is 0 Å². The maximum absolute atomic E-state index is 11.7. The maximum atomic E-state index is 11.7. The molecule has 2 aromatic carbocycles. The lowest BCUT2D eigenvalue weighted by atomic mass is 10.0. The number of hydrogen-bond donors (Lipinski definition) is 1. The fourth-order valence-electron chi connectivity index (χ4n) is 1.99. The first-order valence-electron chi connectivity index (χ1n) is 6.96. The second kappa shape index (κ2) is 8.18. The van der Waals surface area contributed by atoms with Crippen molar-refractivity contribution in [1.82, 2.24) is 0 Å². The van der Waals surface area contributed by atoms with Gasteiger partial charge in [-0.3, -0.25) is 4.79 Å². The van der Waals surface area contributed by atoms with Gasteiger partial charge >= 0.3 is 5.97 Å². The van der Waals surface area contributed by atoms with Crippen molar-refractivity contribution in [3.63, 3.8) is 0 Å². The van der Waals surface area contributed by atoms with Crippen molar-refractivity contribution in [1.29, 1.82) is 0 Å². The van der Waals surface area contributed by atoms with Gasteiger partial charge in [-0.05, 0) is 29.7 Å². The number of nitrogens with two attached hydrogens (primary N) is 1. The number of carbonyl (C=O) groups is 1. The number of hydrogen-bond acceptors (Lipinski definition) is 3. The molecule has 1 unspecified atom stereocenters. The number of benzene rings is 2. The lowest BCUT2D eigenvalue weighted by Gasteiger charge is -2.12. The van der Waals surface area contributed by atoms with E-state index < -0.39 is 0 Å². The van der Waals surface area contributed by atoms with E-state index in [0.29, 0.717) is 16.5 Å². The van der Waals surface area contributed by atoms with Crippen molar-refractivity contribution < 1.29 is 9.53 Å². The first-order valence-corrected chi connectivity index (χ1v) is 7.72. The Balaban J connectivity index is 1.79. The molecule has 5 heteroatoms. The average Bonchev–Trinajstić information content (AvgIpc) is 2.54. The Bertz CT molecular complexity index is 632. The molecular formula is C17H17Cl2NO2. The summed E-state index contributed by atoms with van der Waals surface area (Å²) >= 11 is 11.8. The van der Waals surface area contributed by atoms with Gasteiger partial charge in [0.1, 0.15) is 6.61 Å². The number of halogens is 2. The molecule has 3 nitrogen and oxygen atoms in total. The van der Waals surface area contributed by atoms with E-state index in [1.165, 1.54) is 0 Å². The number of rotatable bonds is 6. The summed E-state index contributed by atoms with van der Waals surface area (Å²) in [6.45, 7) is 0.279. The molecule has 0 aliphatic carbocycles. The number of carbonyl (C=O) groups excluding carboxylic acids is 1. The summed E-state index contributed by atoms with van der Waals surface area (Å²) in [5.74, 6) is -0.264. The predicted octanol–water partition coefficient (Wildman–Crippen LogP) is 4.52. The summed E-state index contributed by atoms with van der Waals surface area (Å²) < 4.78 is 5.22. The quantitative estimate of drug-likeness (QED) is 0.788. The summed E-state index contributed by atoms with van der Waals surface area (Å²) in [4.78, 5) is 11.7. The molecule has 0 aromatic heterocycles. The maximum Gasteiger partial charge on any atom is 0.306 e. The average molecular weight is 338 g/mol. The van der Waals surface area contributed by atoms with E-state index in [4.69, 9.17) is 33.7 Å². The first-order chi connectivity index (χ1) is 10.6. The van der Waals surface area contributed by atoms with Crippen molar-refractivity contribution in [3.8, 4) is 0 Å². The zero-order valence-corrected chi connectivity index (χ0v) is 13.5. The van der Waals surface area contributed by atoms with Crippen molar-refractivity contribution in [3.05, 3.63) is 69.7 Å². The Morgan fingerprint density at radius 3 is 2.50 bits per heavy atom. The van der Waals surface area contributed by atoms with Gasteiger partial charge in [0.25, 0.3) is 0 Å². The molecule has 22 heavy (non-hydrogen) atoms. The normalized spacial score (nSPS) is 12.0. The molecule has 2 N–H and O–H groups in total. The van der Waals surface area contributed by atoms with Gasteiger partial charge in [-0.15, -0.1) is 0 Å². The fourth-order valence-corrected chi connectivity index (χ4v) is 2.30. The lowest BCUT2D eigenvalue weighted by Crippen LogP contribution is -2.13. The molecule has 1 atom stereocenters. The van der Waals surface area contributed by atoms with E-state index in [1.807, 2.05) is 36.4 Å². The van der Waals surface area contributed by atoms with Crippen LogP contribution in [0.5, 0.6) is 0 Å². The largest absolute Gasteiger partial charge is 0.461 e. The highest BCUT2D eigenvalue weighted by Crippen LogP contribution is 2.26. The minimum Gasteiger partial charge on any atom is -0.461 e. The molecule has 116 valence electrons. The minimum absolute atomic E-state index is 0.258. The van der Waals surface area contributed by atoms with Gasteiger partial charge in [-0.2, -0.15) is 0 Å². The molecule has 0 radical (unpaired) electrons. The molecule has 2 rings (SSSR count). The molecule has 0 bridgehead atoms. The smallest absolute Gasteiger partial charge is 0.306 e. The third-order valence-electron chi connectivity index (χ3n) is 3.27. The van der Waals surface area contributed by atoms with Crippen LogP contribution in [0.25, 0.3) is 0 Å². The third-order valence-corrected chi connectivity index (χ3v) is 4.01. The second-order valence-corrected chi connectivity index (χ2v) is 5.78. The third kappa shape index (κ3) is 5.02. The highest BCUT2D eigenvalue weighted by Gasteiger charge is 2.11. The van der Waals surface area contributed by atoms with E-state index in [2.05, 4.69) is 0 Å². The van der Waals surface area contributed by atoms with Crippen molar-refractivity contribution >= 4 is 29.2 Å². The molecule has 0 saturated carbocycles. The Labute approximate surface area is 140 Å². The molecule has 0 aliphatic heterocycles. The highest BCUT2D eigenvalue weighted by molar-refractivity contribution is 6.42. The van der Waals surface area contributed by atoms with Crippen LogP contribution in [0.4, 0.5) is 0 Å². The van der Waals surface area contributed by atoms with E-state index in [1.54, 1.807) is 12.1 Å². The molecule has 0 heterocycles. The standard InChI is InChI=1S/C17H17Cl2NO2/c18-14-7-6-13(10-15(14)19)16(20)8-9-17(21)22-11-12-4-2-1-3-5-12/h1-7,10,16H,8-9,11,20H2. The van der Waals surface area contributed by atoms with Crippen molar-refractivity contribution in [2.75, 3.05) is 0 Å². The second-order valence-electron chi connectivity index (χ2n) is 4.96. The van der Waals surface area contributed by atoms with Crippen LogP contribution in [0.2, 0.25) is 10.0 Å². The minimum atomic E-state index is -0.279. The van der Waals surface area contributed by atoms with E-state index in [9.17, 15) is 4.79 Å². The Morgan fingerprint density at radius 2 is 1.82 bits per heavy atom. The number of esters is 1. The van der Waals surface area contributed by atoms with E-state index >= 15 is 0 Å². The van der Waals surface area contributed by atoms with Crippen LogP contribution >= 0.6 is 23.2 Å². The first kappa shape index (κ1) is 16.8. The van der Waals surface area contributed by atoms with Crippen LogP contribution < -0.4 is 5.73 Å². The molecule has 0 spiro atoms. The zero-order valence-electron chi connectivity index (χ0n) is 12.0. The van der Waals surface area contributed by atoms with Crippen LogP contribution in [0, 0.1) is 0 Å². The SMILES string of the molecule is NC(CCC(=O)OCc1ccccc1)c1ccc(Cl)c(Cl)c1. The topological polar surface area (TPSA) is 52.3 Å². The molecule has 2 aromatic rings. The van der Waals surface area contributed by atoms with E-state index in [-0.39, 0.29) is 25.0 Å². The fraction of sp³-hybridized carbons (Fsp3) is 0.235. The van der Waals surface area contributed by atoms with Crippen molar-refractivity contribution in [2.24, 2.45) is 5.73 Å². The Hall–Kier alpha value is -1.55. The molecule has 0 fully saturated rings. The van der Waals surface area contributed by atoms with Crippen LogP contribution in [0.15, 0.2) is 48.5 Å². The number of ether oxygens (including phenoxy) is 1. The van der Waals surface area contributed by atoms with Gasteiger partial charge in [0, 0.05) is 12.5 Å². The van der Waals surface area contributed by atoms with Crippen LogP contribution in [0.3, 0.4) is 0 Å². The van der Waals surface area contributed by atoms with Crippen molar-refractivity contribution in [2.45, 2.75) is 25.5 Å². The van der Waals surface area contributed by atoms with Gasteiger partial charge in [-0.1, -0.05) is 59.6 Å². The van der Waals surface area contributed by atoms with Gasteiger partial charge in [0.2, 0.25) is 0 Å². The van der Waals surface area contributed by atoms with Gasteiger partial charge in [0.15, 0.2) is 0 Å². The monoisotopic (exact) mass is 337 g/mol. The van der Waals surface area contributed by atoms with Crippen LogP contribution in [-0.2, 0) is 16.1 Å². The summed E-state index contributed by atoms with van der Waals surface area (Å²) in [5.41, 5.74) is 7.87. The lowest BCUT2D eigenvalue weighted by molar-refractivity contribution is -0.145. The Morgan fingerprint density at radius 1 is 1.09 bits per heavy atom. The summed E-state index contributed by atoms with van der Waals surface area (Å²) in [6, 6.07) is 14.5. The van der Waals surface area contributed by atoms with Gasteiger partial charge in [0.05, 0.1) is 10.0 Å². The zero-order chi connectivity index (χ0) is 15.9. The van der Waals surface area contributed by atoms with Crippen LogP contribution in [-0.4, -0.2) is 5.97 Å². The van der Waals surface area contributed by atoms with E-state index in [0.717, 1.165) is 11.1 Å². The van der Waals surface area contributed by atoms with Crippen LogP contribution in [0.1, 0.15) is 30.0 Å². The molecule has 0 aliphatic rings. The van der Waals surface area contributed by atoms with Gasteiger partial charge < -0.3 is 10.5 Å². The summed E-state index contributed by atoms with van der Waals surface area (Å²) in [5, 5.41) is 0.946. The molecular weight excluding hydrogens is 321 g/mol. The Kier molecular flexibility index (Phi) is 6.25. The molecule has 0 amide bonds. The molecule has 0 saturated heterocycles. The highest BCUT2D eigenvalue weighted by atomic mass is 35.5. The summed E-state index contributed by atoms with van der Waals surface area (Å²) in [6.07, 6.45) is 0.750.